The fourth-order valence-electron chi connectivity index (χ4n) is 4.61. The van der Waals surface area contributed by atoms with Gasteiger partial charge >= 0.3 is 5.69 Å². The monoisotopic (exact) mass is 491 g/mol. The first kappa shape index (κ1) is 25.4. The van der Waals surface area contributed by atoms with E-state index in [-0.39, 0.29) is 23.0 Å². The Morgan fingerprint density at radius 2 is 1.21 bits per heavy atom. The van der Waals surface area contributed by atoms with E-state index in [9.17, 15) is 10.1 Å². The molecule has 0 unspecified atom stereocenters. The number of benzene rings is 4. The molecular formula is C28H27ClNO3P. The Balaban J connectivity index is 0.00000324. The number of ether oxygens (including phenoxy) is 1. The molecule has 0 aliphatic rings. The van der Waals surface area contributed by atoms with Gasteiger partial charge in [-0.25, -0.2) is 0 Å². The molecule has 34 heavy (non-hydrogen) atoms. The van der Waals surface area contributed by atoms with Crippen molar-refractivity contribution in [2.75, 3.05) is 7.11 Å². The first-order chi connectivity index (χ1) is 16.0. The van der Waals surface area contributed by atoms with E-state index in [4.69, 9.17) is 4.74 Å². The highest BCUT2D eigenvalue weighted by Gasteiger charge is 2.46. The fraction of sp³-hybridized carbons (Fsp3) is 0.143. The van der Waals surface area contributed by atoms with Gasteiger partial charge in [0.1, 0.15) is 23.2 Å². The van der Waals surface area contributed by atoms with Crippen LogP contribution in [0.1, 0.15) is 16.7 Å². The second-order valence-corrected chi connectivity index (χ2v) is 11.6. The maximum Gasteiger partial charge on any atom is 0.314 e. The van der Waals surface area contributed by atoms with Crippen molar-refractivity contribution >= 4 is 28.9 Å². The van der Waals surface area contributed by atoms with Crippen molar-refractivity contribution in [3.63, 3.8) is 0 Å². The van der Waals surface area contributed by atoms with Crippen LogP contribution in [-0.2, 0) is 6.16 Å². The summed E-state index contributed by atoms with van der Waals surface area (Å²) in [5, 5.41) is 15.7. The minimum atomic E-state index is -2.17. The minimum absolute atomic E-state index is 0. The van der Waals surface area contributed by atoms with Crippen molar-refractivity contribution < 1.29 is 22.1 Å². The van der Waals surface area contributed by atoms with Crippen molar-refractivity contribution in [2.45, 2.75) is 20.0 Å². The van der Waals surface area contributed by atoms with Crippen LogP contribution in [0.5, 0.6) is 5.75 Å². The van der Waals surface area contributed by atoms with E-state index in [1.54, 1.807) is 6.07 Å². The largest absolute Gasteiger partial charge is 1.00 e. The van der Waals surface area contributed by atoms with E-state index < -0.39 is 7.26 Å². The Labute approximate surface area is 207 Å². The third-order valence-corrected chi connectivity index (χ3v) is 10.6. The van der Waals surface area contributed by atoms with Gasteiger partial charge in [-0.1, -0.05) is 54.6 Å². The van der Waals surface area contributed by atoms with Crippen molar-refractivity contribution in [3.05, 3.63) is 124 Å². The zero-order valence-corrected chi connectivity index (χ0v) is 21.1. The molecule has 4 nitrogen and oxygen atoms in total. The quantitative estimate of drug-likeness (QED) is 0.227. The van der Waals surface area contributed by atoms with Crippen molar-refractivity contribution in [3.8, 4) is 5.75 Å². The smallest absolute Gasteiger partial charge is 0.314 e. The Morgan fingerprint density at radius 1 is 0.794 bits per heavy atom. The number of hydrogen-bond donors (Lipinski definition) is 0. The predicted octanol–water partition coefficient (Wildman–Crippen LogP) is 2.72. The number of rotatable bonds is 7. The van der Waals surface area contributed by atoms with Crippen LogP contribution in [0.2, 0.25) is 0 Å². The lowest BCUT2D eigenvalue weighted by atomic mass is 10.0. The van der Waals surface area contributed by atoms with Crippen LogP contribution in [0.4, 0.5) is 5.69 Å². The summed E-state index contributed by atoms with van der Waals surface area (Å²) in [6, 6.07) is 33.5. The summed E-state index contributed by atoms with van der Waals surface area (Å²) in [4.78, 5) is 11.6. The van der Waals surface area contributed by atoms with Crippen molar-refractivity contribution in [1.82, 2.24) is 0 Å². The highest BCUT2D eigenvalue weighted by atomic mass is 35.5. The number of halogens is 1. The average Bonchev–Trinajstić information content (AvgIpc) is 2.85. The zero-order chi connectivity index (χ0) is 23.4. The van der Waals surface area contributed by atoms with E-state index in [0.29, 0.717) is 17.5 Å². The third-order valence-electron chi connectivity index (χ3n) is 6.25. The topological polar surface area (TPSA) is 52.4 Å². The molecule has 0 bridgehead atoms. The first-order valence-corrected chi connectivity index (χ1v) is 12.8. The van der Waals surface area contributed by atoms with Gasteiger partial charge in [-0.2, -0.15) is 0 Å². The van der Waals surface area contributed by atoms with E-state index in [2.05, 4.69) is 72.8 Å². The molecule has 0 N–H and O–H groups in total. The normalized spacial score (nSPS) is 10.9. The number of aryl methyl sites for hydroxylation is 1. The van der Waals surface area contributed by atoms with Gasteiger partial charge in [0, 0.05) is 11.1 Å². The average molecular weight is 492 g/mol. The molecule has 6 heteroatoms. The van der Waals surface area contributed by atoms with Crippen LogP contribution in [0.15, 0.2) is 97.1 Å². The van der Waals surface area contributed by atoms with Gasteiger partial charge in [-0.05, 0) is 61.9 Å². The molecule has 0 aliphatic carbocycles. The Hall–Kier alpha value is -3.20. The molecule has 0 amide bonds. The van der Waals surface area contributed by atoms with Crippen LogP contribution in [0.25, 0.3) is 0 Å². The molecule has 0 aromatic heterocycles. The summed E-state index contributed by atoms with van der Waals surface area (Å²) in [6.07, 6.45) is 0.688. The van der Waals surface area contributed by atoms with Gasteiger partial charge < -0.3 is 17.1 Å². The summed E-state index contributed by atoms with van der Waals surface area (Å²) < 4.78 is 5.37. The van der Waals surface area contributed by atoms with E-state index >= 15 is 0 Å². The standard InChI is InChI=1S/C28H27NO3P.ClH/c1-21-19-27(32-3)28(29(30)31)22(2)26(21)20-33(23-13-7-4-8-14-23,24-15-9-5-10-16-24)25-17-11-6-12-18-25;/h4-19H,20H2,1-3H3;1H/q+1;/p-1. The Bertz CT molecular complexity index is 1170. The summed E-state index contributed by atoms with van der Waals surface area (Å²) in [5.74, 6) is 0.307. The summed E-state index contributed by atoms with van der Waals surface area (Å²) in [5.41, 5.74) is 2.73. The lowest BCUT2D eigenvalue weighted by molar-refractivity contribution is -0.386. The molecule has 0 saturated heterocycles. The molecule has 174 valence electrons. The summed E-state index contributed by atoms with van der Waals surface area (Å²) in [7, 11) is -0.684. The molecule has 0 aliphatic heterocycles. The minimum Gasteiger partial charge on any atom is -1.00 e. The van der Waals surface area contributed by atoms with Gasteiger partial charge in [0.25, 0.3) is 0 Å². The van der Waals surface area contributed by atoms with Crippen LogP contribution >= 0.6 is 7.26 Å². The number of nitro groups is 1. The van der Waals surface area contributed by atoms with Crippen LogP contribution in [-0.4, -0.2) is 12.0 Å². The SMILES string of the molecule is COc1cc(C)c(C[P+](c2ccccc2)(c2ccccc2)c2ccccc2)c(C)c1[N+](=O)[O-].[Cl-]. The lowest BCUT2D eigenvalue weighted by Gasteiger charge is -2.29. The molecule has 0 saturated carbocycles. The van der Waals surface area contributed by atoms with Crippen molar-refractivity contribution in [2.24, 2.45) is 0 Å². The molecule has 4 rings (SSSR count). The molecule has 0 radical (unpaired) electrons. The van der Waals surface area contributed by atoms with Gasteiger partial charge in [0.05, 0.1) is 18.2 Å². The van der Waals surface area contributed by atoms with Crippen LogP contribution in [0, 0.1) is 24.0 Å². The molecule has 4 aromatic rings. The molecule has 0 atom stereocenters. The van der Waals surface area contributed by atoms with Crippen LogP contribution in [0.3, 0.4) is 0 Å². The number of methoxy groups -OCH3 is 1. The molecule has 0 spiro atoms. The van der Waals surface area contributed by atoms with E-state index in [0.717, 1.165) is 11.1 Å². The number of hydrogen-bond acceptors (Lipinski definition) is 3. The number of nitro benzene ring substituents is 1. The maximum absolute atomic E-state index is 12.0. The molecule has 0 fully saturated rings. The van der Waals surface area contributed by atoms with Crippen molar-refractivity contribution in [1.29, 1.82) is 0 Å². The van der Waals surface area contributed by atoms with Gasteiger partial charge in [-0.3, -0.25) is 10.1 Å². The predicted molar refractivity (Wildman–Crippen MR) is 138 cm³/mol. The molecular weight excluding hydrogens is 465 g/mol. The Morgan fingerprint density at radius 3 is 1.56 bits per heavy atom. The van der Waals surface area contributed by atoms with Gasteiger partial charge in [0.15, 0.2) is 5.75 Å². The second kappa shape index (κ2) is 10.8. The maximum atomic E-state index is 12.0. The Kier molecular flexibility index (Phi) is 8.09. The molecule has 0 heterocycles. The van der Waals surface area contributed by atoms with Gasteiger partial charge in [-0.15, -0.1) is 0 Å². The van der Waals surface area contributed by atoms with E-state index in [1.807, 2.05) is 32.0 Å². The lowest BCUT2D eigenvalue weighted by Crippen LogP contribution is -3.00. The highest BCUT2D eigenvalue weighted by Crippen LogP contribution is 2.59. The zero-order valence-electron chi connectivity index (χ0n) is 19.4. The fourth-order valence-corrected chi connectivity index (χ4v) is 9.05. The summed E-state index contributed by atoms with van der Waals surface area (Å²) >= 11 is 0. The van der Waals surface area contributed by atoms with E-state index in [1.165, 1.54) is 23.0 Å². The summed E-state index contributed by atoms with van der Waals surface area (Å²) in [6.45, 7) is 3.86. The third kappa shape index (κ3) is 4.57. The highest BCUT2D eigenvalue weighted by molar-refractivity contribution is 7.95. The first-order valence-electron chi connectivity index (χ1n) is 10.9. The molecule has 4 aromatic carbocycles. The van der Waals surface area contributed by atoms with Crippen LogP contribution < -0.4 is 33.1 Å². The van der Waals surface area contributed by atoms with Gasteiger partial charge in [0.2, 0.25) is 0 Å². The second-order valence-electron chi connectivity index (χ2n) is 8.08. The number of nitrogens with zero attached hydrogens (tertiary/aromatic N) is 1.